The van der Waals surface area contributed by atoms with E-state index in [2.05, 4.69) is 21.2 Å². The molecule has 1 nitrogen and oxygen atoms in total. The number of hydrogen-bond acceptors (Lipinski definition) is 1. The van der Waals surface area contributed by atoms with Gasteiger partial charge in [-0.25, -0.2) is 4.39 Å². The average Bonchev–Trinajstić information content (AvgIpc) is 1.95. The fourth-order valence-corrected chi connectivity index (χ4v) is 1.89. The first-order valence-corrected chi connectivity index (χ1v) is 4.68. The van der Waals surface area contributed by atoms with E-state index in [1.54, 1.807) is 0 Å². The minimum absolute atomic E-state index is 0.377. The number of alkyl halides is 2. The van der Waals surface area contributed by atoms with Crippen LogP contribution in [0.2, 0.25) is 0 Å². The standard InChI is InChI=1S/C7H13BrFN/c8-6-1-3-7(4-2-6)10-5-9/h6-7,10H,1-5H2. The first-order valence-electron chi connectivity index (χ1n) is 3.76. The smallest absolute Gasteiger partial charge is 0.140 e. The zero-order valence-corrected chi connectivity index (χ0v) is 7.53. The number of halogens is 2. The molecule has 0 heterocycles. The maximum absolute atomic E-state index is 11.8. The van der Waals surface area contributed by atoms with Crippen LogP contribution in [-0.2, 0) is 0 Å². The number of rotatable bonds is 2. The van der Waals surface area contributed by atoms with Crippen molar-refractivity contribution in [2.75, 3.05) is 6.80 Å². The fraction of sp³-hybridized carbons (Fsp3) is 1.00. The van der Waals surface area contributed by atoms with Crippen LogP contribution in [0.15, 0.2) is 0 Å². The van der Waals surface area contributed by atoms with Gasteiger partial charge in [-0.2, -0.15) is 0 Å². The summed E-state index contributed by atoms with van der Waals surface area (Å²) in [5.41, 5.74) is 0. The van der Waals surface area contributed by atoms with Gasteiger partial charge in [-0.3, -0.25) is 5.32 Å². The molecule has 60 valence electrons. The van der Waals surface area contributed by atoms with Crippen LogP contribution >= 0.6 is 15.9 Å². The topological polar surface area (TPSA) is 12.0 Å². The minimum atomic E-state index is -0.377. The van der Waals surface area contributed by atoms with Crippen molar-refractivity contribution < 1.29 is 4.39 Å². The zero-order chi connectivity index (χ0) is 7.40. The highest BCUT2D eigenvalue weighted by molar-refractivity contribution is 9.09. The van der Waals surface area contributed by atoms with Crippen molar-refractivity contribution in [3.8, 4) is 0 Å². The molecule has 1 N–H and O–H groups in total. The quantitative estimate of drug-likeness (QED) is 0.544. The summed E-state index contributed by atoms with van der Waals surface area (Å²) < 4.78 is 11.8. The Bertz CT molecular complexity index is 91.6. The summed E-state index contributed by atoms with van der Waals surface area (Å²) >= 11 is 3.55. The molecule has 0 aromatic carbocycles. The highest BCUT2D eigenvalue weighted by Gasteiger charge is 2.17. The second-order valence-corrected chi connectivity index (χ2v) is 4.08. The molecule has 3 heteroatoms. The molecule has 0 unspecified atom stereocenters. The third-order valence-corrected chi connectivity index (χ3v) is 2.94. The molecule has 0 amide bonds. The third kappa shape index (κ3) is 2.54. The van der Waals surface area contributed by atoms with Gasteiger partial charge in [0.15, 0.2) is 0 Å². The SMILES string of the molecule is FCNC1CCC(Br)CC1. The van der Waals surface area contributed by atoms with Crippen LogP contribution in [-0.4, -0.2) is 17.7 Å². The van der Waals surface area contributed by atoms with E-state index in [0.29, 0.717) is 10.9 Å². The predicted octanol–water partition coefficient (Wildman–Crippen LogP) is 2.21. The van der Waals surface area contributed by atoms with Crippen LogP contribution in [0.1, 0.15) is 25.7 Å². The molecule has 1 fully saturated rings. The Hall–Kier alpha value is 0.370. The summed E-state index contributed by atoms with van der Waals surface area (Å²) in [5, 5.41) is 2.82. The Labute approximate surface area is 69.5 Å². The molecule has 0 atom stereocenters. The molecule has 0 saturated heterocycles. The monoisotopic (exact) mass is 209 g/mol. The Morgan fingerprint density at radius 2 is 1.90 bits per heavy atom. The molecule has 0 aromatic rings. The Kier molecular flexibility index (Phi) is 3.63. The van der Waals surface area contributed by atoms with Crippen LogP contribution in [0.4, 0.5) is 4.39 Å². The van der Waals surface area contributed by atoms with E-state index >= 15 is 0 Å². The van der Waals surface area contributed by atoms with Gasteiger partial charge in [-0.05, 0) is 25.7 Å². The molecule has 10 heavy (non-hydrogen) atoms. The van der Waals surface area contributed by atoms with Gasteiger partial charge in [0.2, 0.25) is 0 Å². The number of nitrogens with one attached hydrogen (secondary N) is 1. The van der Waals surface area contributed by atoms with Crippen LogP contribution in [0.3, 0.4) is 0 Å². The first kappa shape index (κ1) is 8.47. The highest BCUT2D eigenvalue weighted by atomic mass is 79.9. The van der Waals surface area contributed by atoms with Crippen molar-refractivity contribution in [2.45, 2.75) is 36.6 Å². The molecule has 0 aromatic heterocycles. The molecule has 0 spiro atoms. The summed E-state index contributed by atoms with van der Waals surface area (Å²) in [6.07, 6.45) is 4.58. The largest absolute Gasteiger partial charge is 0.288 e. The van der Waals surface area contributed by atoms with Gasteiger partial charge in [0.05, 0.1) is 0 Å². The van der Waals surface area contributed by atoms with Gasteiger partial charge < -0.3 is 0 Å². The van der Waals surface area contributed by atoms with Crippen LogP contribution in [0, 0.1) is 0 Å². The van der Waals surface area contributed by atoms with E-state index in [1.807, 2.05) is 0 Å². The van der Waals surface area contributed by atoms with Crippen molar-refractivity contribution in [1.82, 2.24) is 5.32 Å². The predicted molar refractivity (Wildman–Crippen MR) is 44.1 cm³/mol. The molecule has 0 aliphatic heterocycles. The van der Waals surface area contributed by atoms with E-state index in [-0.39, 0.29) is 6.80 Å². The molecule has 1 rings (SSSR count). The summed E-state index contributed by atoms with van der Waals surface area (Å²) in [5.74, 6) is 0. The summed E-state index contributed by atoms with van der Waals surface area (Å²) in [6, 6.07) is 0.429. The van der Waals surface area contributed by atoms with Crippen molar-refractivity contribution in [2.24, 2.45) is 0 Å². The molecule has 1 saturated carbocycles. The van der Waals surface area contributed by atoms with E-state index in [4.69, 9.17) is 0 Å². The number of hydrogen-bond donors (Lipinski definition) is 1. The summed E-state index contributed by atoms with van der Waals surface area (Å²) in [7, 11) is 0. The molecular formula is C7H13BrFN. The minimum Gasteiger partial charge on any atom is -0.288 e. The fourth-order valence-electron chi connectivity index (χ4n) is 1.37. The Balaban J connectivity index is 2.13. The lowest BCUT2D eigenvalue weighted by atomic mass is 9.96. The summed E-state index contributed by atoms with van der Waals surface area (Å²) in [6.45, 7) is -0.377. The highest BCUT2D eigenvalue weighted by Crippen LogP contribution is 2.23. The Morgan fingerprint density at radius 3 is 2.40 bits per heavy atom. The van der Waals surface area contributed by atoms with E-state index in [1.165, 1.54) is 12.8 Å². The van der Waals surface area contributed by atoms with Crippen molar-refractivity contribution in [1.29, 1.82) is 0 Å². The van der Waals surface area contributed by atoms with Gasteiger partial charge in [-0.1, -0.05) is 15.9 Å². The van der Waals surface area contributed by atoms with Gasteiger partial charge >= 0.3 is 0 Å². The second-order valence-electron chi connectivity index (χ2n) is 2.79. The normalized spacial score (nSPS) is 34.2. The van der Waals surface area contributed by atoms with Crippen molar-refractivity contribution >= 4 is 15.9 Å². The third-order valence-electron chi connectivity index (χ3n) is 2.02. The molecule has 0 bridgehead atoms. The Morgan fingerprint density at radius 1 is 1.30 bits per heavy atom. The van der Waals surface area contributed by atoms with Gasteiger partial charge in [0.1, 0.15) is 6.80 Å². The summed E-state index contributed by atoms with van der Waals surface area (Å²) in [4.78, 5) is 0.671. The van der Waals surface area contributed by atoms with E-state index in [0.717, 1.165) is 12.8 Å². The molecule has 0 radical (unpaired) electrons. The van der Waals surface area contributed by atoms with Crippen LogP contribution in [0.5, 0.6) is 0 Å². The maximum Gasteiger partial charge on any atom is 0.140 e. The van der Waals surface area contributed by atoms with Gasteiger partial charge in [0, 0.05) is 10.9 Å². The zero-order valence-electron chi connectivity index (χ0n) is 5.95. The maximum atomic E-state index is 11.8. The van der Waals surface area contributed by atoms with E-state index in [9.17, 15) is 4.39 Å². The van der Waals surface area contributed by atoms with Gasteiger partial charge in [0.25, 0.3) is 0 Å². The molecule has 1 aliphatic carbocycles. The average molecular weight is 210 g/mol. The van der Waals surface area contributed by atoms with Gasteiger partial charge in [-0.15, -0.1) is 0 Å². The molecular weight excluding hydrogens is 197 g/mol. The molecule has 1 aliphatic rings. The second kappa shape index (κ2) is 4.29. The lowest BCUT2D eigenvalue weighted by Crippen LogP contribution is -2.32. The van der Waals surface area contributed by atoms with Crippen molar-refractivity contribution in [3.63, 3.8) is 0 Å². The van der Waals surface area contributed by atoms with Crippen LogP contribution in [0.25, 0.3) is 0 Å². The van der Waals surface area contributed by atoms with E-state index < -0.39 is 0 Å². The first-order chi connectivity index (χ1) is 4.83. The van der Waals surface area contributed by atoms with Crippen molar-refractivity contribution in [3.05, 3.63) is 0 Å². The lowest BCUT2D eigenvalue weighted by molar-refractivity contribution is 0.321. The van der Waals surface area contributed by atoms with Crippen LogP contribution < -0.4 is 5.32 Å². The lowest BCUT2D eigenvalue weighted by Gasteiger charge is -2.24.